The van der Waals surface area contributed by atoms with Crippen LogP contribution in [0.2, 0.25) is 0 Å². The zero-order chi connectivity index (χ0) is 23.9. The summed E-state index contributed by atoms with van der Waals surface area (Å²) in [6, 6.07) is 34.3. The summed E-state index contributed by atoms with van der Waals surface area (Å²) >= 11 is 0. The van der Waals surface area contributed by atoms with Crippen LogP contribution in [0.1, 0.15) is 16.7 Å². The lowest BCUT2D eigenvalue weighted by Gasteiger charge is -2.15. The summed E-state index contributed by atoms with van der Waals surface area (Å²) < 4.78 is 2.33. The molecule has 0 spiro atoms. The van der Waals surface area contributed by atoms with Crippen molar-refractivity contribution in [3.05, 3.63) is 120 Å². The van der Waals surface area contributed by atoms with E-state index in [0.717, 1.165) is 33.4 Å². The smallest absolute Gasteiger partial charge is 0.0998 e. The predicted molar refractivity (Wildman–Crippen MR) is 144 cm³/mol. The average molecular weight is 450 g/mol. The highest BCUT2D eigenvalue weighted by Crippen LogP contribution is 2.37. The number of hydrogen-bond acceptors (Lipinski definition) is 2. The van der Waals surface area contributed by atoms with E-state index in [2.05, 4.69) is 102 Å². The summed E-state index contributed by atoms with van der Waals surface area (Å²) in [4.78, 5) is 4.15. The highest BCUT2D eigenvalue weighted by Gasteiger charge is 2.17. The summed E-state index contributed by atoms with van der Waals surface area (Å²) in [5.41, 5.74) is 10.7. The zero-order valence-corrected chi connectivity index (χ0v) is 19.7. The van der Waals surface area contributed by atoms with Crippen molar-refractivity contribution in [3.63, 3.8) is 0 Å². The largest absolute Gasteiger partial charge is 0.309 e. The van der Waals surface area contributed by atoms with E-state index < -0.39 is 0 Å². The van der Waals surface area contributed by atoms with Crippen molar-refractivity contribution in [1.82, 2.24) is 9.55 Å². The molecular formula is C32H23N3. The molecule has 6 rings (SSSR count). The molecule has 0 aliphatic rings. The topological polar surface area (TPSA) is 41.6 Å². The van der Waals surface area contributed by atoms with Gasteiger partial charge >= 0.3 is 0 Å². The third kappa shape index (κ3) is 3.48. The molecule has 0 aliphatic heterocycles. The second-order valence-electron chi connectivity index (χ2n) is 8.99. The molecule has 166 valence electrons. The van der Waals surface area contributed by atoms with Gasteiger partial charge in [0.15, 0.2) is 0 Å². The fourth-order valence-electron chi connectivity index (χ4n) is 5.04. The van der Waals surface area contributed by atoms with E-state index in [4.69, 9.17) is 0 Å². The molecule has 0 saturated heterocycles. The van der Waals surface area contributed by atoms with Crippen molar-refractivity contribution >= 4 is 21.8 Å². The zero-order valence-electron chi connectivity index (χ0n) is 19.7. The molecule has 0 unspecified atom stereocenters. The molecule has 3 nitrogen and oxygen atoms in total. The number of hydrogen-bond donors (Lipinski definition) is 0. The molecule has 0 bridgehead atoms. The number of rotatable bonds is 3. The van der Waals surface area contributed by atoms with Crippen LogP contribution in [0.4, 0.5) is 0 Å². The molecule has 0 amide bonds. The first-order valence-corrected chi connectivity index (χ1v) is 11.7. The van der Waals surface area contributed by atoms with Crippen molar-refractivity contribution in [2.45, 2.75) is 13.8 Å². The third-order valence-corrected chi connectivity index (χ3v) is 6.71. The number of fused-ring (bicyclic) bond motifs is 3. The standard InChI is InChI=1S/C32H23N3/c1-21-6-5-7-24(16-21)25-10-11-31-29(18-25)27-8-3-4-9-30(27)35(31)32-19-28(23-12-14-34-15-13-23)26(20-33)17-22(32)2/h3-19H,1-2H3. The van der Waals surface area contributed by atoms with Gasteiger partial charge in [-0.2, -0.15) is 5.26 Å². The monoisotopic (exact) mass is 449 g/mol. The summed E-state index contributed by atoms with van der Waals surface area (Å²) in [7, 11) is 0. The minimum atomic E-state index is 0.667. The molecule has 4 aromatic carbocycles. The van der Waals surface area contributed by atoms with Gasteiger partial charge in [-0.1, -0.05) is 54.1 Å². The maximum Gasteiger partial charge on any atom is 0.0998 e. The lowest BCUT2D eigenvalue weighted by Crippen LogP contribution is -1.99. The number of benzene rings is 4. The van der Waals surface area contributed by atoms with E-state index in [1.165, 1.54) is 27.5 Å². The first kappa shape index (κ1) is 20.9. The van der Waals surface area contributed by atoms with Gasteiger partial charge in [0.25, 0.3) is 0 Å². The summed E-state index contributed by atoms with van der Waals surface area (Å²) in [6.45, 7) is 4.20. The molecule has 0 aliphatic carbocycles. The summed E-state index contributed by atoms with van der Waals surface area (Å²) in [5, 5.41) is 12.3. The highest BCUT2D eigenvalue weighted by atomic mass is 15.0. The van der Waals surface area contributed by atoms with Crippen LogP contribution in [-0.4, -0.2) is 9.55 Å². The Morgan fingerprint density at radius 2 is 1.46 bits per heavy atom. The van der Waals surface area contributed by atoms with Gasteiger partial charge < -0.3 is 4.57 Å². The Morgan fingerprint density at radius 1 is 0.686 bits per heavy atom. The number of pyridine rings is 1. The van der Waals surface area contributed by atoms with E-state index in [1.54, 1.807) is 12.4 Å². The van der Waals surface area contributed by atoms with Crippen molar-refractivity contribution in [1.29, 1.82) is 5.26 Å². The minimum Gasteiger partial charge on any atom is -0.309 e. The molecule has 0 radical (unpaired) electrons. The van der Waals surface area contributed by atoms with Gasteiger partial charge in [-0.05, 0) is 78.6 Å². The van der Waals surface area contributed by atoms with Gasteiger partial charge in [-0.3, -0.25) is 4.98 Å². The quantitative estimate of drug-likeness (QED) is 0.275. The molecule has 35 heavy (non-hydrogen) atoms. The highest BCUT2D eigenvalue weighted by molar-refractivity contribution is 6.10. The van der Waals surface area contributed by atoms with Gasteiger partial charge in [0.2, 0.25) is 0 Å². The number of nitrogens with zero attached hydrogens (tertiary/aromatic N) is 3. The van der Waals surface area contributed by atoms with Crippen LogP contribution in [0.15, 0.2) is 103 Å². The maximum absolute atomic E-state index is 9.86. The first-order valence-electron chi connectivity index (χ1n) is 11.7. The number of nitriles is 1. The van der Waals surface area contributed by atoms with Gasteiger partial charge in [-0.15, -0.1) is 0 Å². The minimum absolute atomic E-state index is 0.667. The molecule has 3 heteroatoms. The predicted octanol–water partition coefficient (Wildman–Crippen LogP) is 8.00. The van der Waals surface area contributed by atoms with E-state index in [1.807, 2.05) is 18.2 Å². The van der Waals surface area contributed by atoms with Crippen LogP contribution >= 0.6 is 0 Å². The Morgan fingerprint density at radius 3 is 2.26 bits per heavy atom. The molecule has 0 N–H and O–H groups in total. The number of aromatic nitrogens is 2. The molecular weight excluding hydrogens is 426 g/mol. The Kier molecular flexibility index (Phi) is 4.94. The molecule has 0 atom stereocenters. The van der Waals surface area contributed by atoms with Crippen molar-refractivity contribution < 1.29 is 0 Å². The lowest BCUT2D eigenvalue weighted by atomic mass is 9.97. The maximum atomic E-state index is 9.86. The number of para-hydroxylation sites is 1. The lowest BCUT2D eigenvalue weighted by molar-refractivity contribution is 1.15. The normalized spacial score (nSPS) is 11.1. The Balaban J connectivity index is 1.65. The van der Waals surface area contributed by atoms with Crippen molar-refractivity contribution in [2.24, 2.45) is 0 Å². The van der Waals surface area contributed by atoms with Crippen LogP contribution in [0.5, 0.6) is 0 Å². The van der Waals surface area contributed by atoms with Gasteiger partial charge in [0, 0.05) is 34.4 Å². The van der Waals surface area contributed by atoms with Crippen LogP contribution in [0.25, 0.3) is 49.7 Å². The number of aryl methyl sites for hydroxylation is 2. The molecule has 2 aromatic heterocycles. The average Bonchev–Trinajstić information content (AvgIpc) is 3.22. The van der Waals surface area contributed by atoms with Gasteiger partial charge in [0.05, 0.1) is 22.7 Å². The van der Waals surface area contributed by atoms with E-state index in [9.17, 15) is 5.26 Å². The second kappa shape index (κ2) is 8.27. The second-order valence-corrected chi connectivity index (χ2v) is 8.99. The summed E-state index contributed by atoms with van der Waals surface area (Å²) in [5.74, 6) is 0. The van der Waals surface area contributed by atoms with Gasteiger partial charge in [0.1, 0.15) is 0 Å². The van der Waals surface area contributed by atoms with Crippen LogP contribution < -0.4 is 0 Å². The third-order valence-electron chi connectivity index (χ3n) is 6.71. The van der Waals surface area contributed by atoms with E-state index >= 15 is 0 Å². The summed E-state index contributed by atoms with van der Waals surface area (Å²) in [6.07, 6.45) is 3.53. The first-order chi connectivity index (χ1) is 17.1. The van der Waals surface area contributed by atoms with Gasteiger partial charge in [-0.25, -0.2) is 0 Å². The fourth-order valence-corrected chi connectivity index (χ4v) is 5.04. The molecule has 6 aromatic rings. The van der Waals surface area contributed by atoms with Crippen LogP contribution in [0, 0.1) is 25.2 Å². The Hall–Kier alpha value is -4.68. The van der Waals surface area contributed by atoms with E-state index in [0.29, 0.717) is 5.56 Å². The molecule has 0 saturated carbocycles. The Labute approximate surface area is 204 Å². The molecule has 2 heterocycles. The van der Waals surface area contributed by atoms with E-state index in [-0.39, 0.29) is 0 Å². The van der Waals surface area contributed by atoms with Crippen LogP contribution in [0.3, 0.4) is 0 Å². The molecule has 0 fully saturated rings. The van der Waals surface area contributed by atoms with Crippen molar-refractivity contribution in [3.8, 4) is 34.0 Å². The Bertz CT molecular complexity index is 1770. The SMILES string of the molecule is Cc1cccc(-c2ccc3c(c2)c2ccccc2n3-c2cc(-c3ccncc3)c(C#N)cc2C)c1. The fraction of sp³-hybridized carbons (Fsp3) is 0.0625. The van der Waals surface area contributed by atoms with Crippen LogP contribution in [-0.2, 0) is 0 Å². The van der Waals surface area contributed by atoms with Crippen molar-refractivity contribution in [2.75, 3.05) is 0 Å².